The minimum atomic E-state index is 0. The molecule has 11 rings (SSSR count). The standard InChI is InChI=1S/C25H46N4.2BrH.2ClH/c1-2-4-6-10-26-14-20-28(21-15-26,22-16-26)12-8-9-13-29-23-17-27(18-24-29,19-25-29)11-7-5-3-1;;;;/h1-7,10-25H2;4*1H/q+4;;;;/p-4. The highest BCUT2D eigenvalue weighted by Gasteiger charge is 2.49. The molecule has 0 amide bonds. The van der Waals surface area contributed by atoms with Gasteiger partial charge in [0.15, 0.2) is 0 Å². The van der Waals surface area contributed by atoms with Gasteiger partial charge < -0.3 is 67.7 Å². The molecule has 0 aromatic carbocycles. The van der Waals surface area contributed by atoms with Crippen molar-refractivity contribution >= 4 is 0 Å². The zero-order chi connectivity index (χ0) is 19.7. The third-order valence-electron chi connectivity index (χ3n) is 10.0. The molecule has 0 spiro atoms. The molecule has 0 N–H and O–H groups in total. The van der Waals surface area contributed by atoms with Gasteiger partial charge in [-0.15, -0.1) is 0 Å². The Morgan fingerprint density at radius 3 is 0.848 bits per heavy atom. The lowest BCUT2D eigenvalue weighted by molar-refractivity contribution is -1.08. The maximum atomic E-state index is 3.71. The summed E-state index contributed by atoms with van der Waals surface area (Å²) >= 11 is 0. The molecule has 6 saturated heterocycles. The van der Waals surface area contributed by atoms with E-state index in [1.54, 1.807) is 0 Å². The Morgan fingerprint density at radius 1 is 0.303 bits per heavy atom. The number of quaternary nitrogens is 4. The second kappa shape index (κ2) is 13.5. The average molecular weight is 633 g/mol. The van der Waals surface area contributed by atoms with Crippen LogP contribution in [0.15, 0.2) is 0 Å². The van der Waals surface area contributed by atoms with Crippen molar-refractivity contribution in [3.8, 4) is 11.8 Å². The van der Waals surface area contributed by atoms with Gasteiger partial charge in [0.05, 0.1) is 13.1 Å². The lowest BCUT2D eigenvalue weighted by Crippen LogP contribution is -3.00. The van der Waals surface area contributed by atoms with Crippen LogP contribution in [0.4, 0.5) is 0 Å². The Labute approximate surface area is 237 Å². The molecule has 8 heteroatoms. The molecule has 194 valence electrons. The average Bonchev–Trinajstić information content (AvgIpc) is 2.78. The Bertz CT molecular complexity index is 565. The summed E-state index contributed by atoms with van der Waals surface area (Å²) in [4.78, 5) is 0. The minimum Gasteiger partial charge on any atom is -1.00 e. The first-order chi connectivity index (χ1) is 14.2. The van der Waals surface area contributed by atoms with Crippen LogP contribution in [0.25, 0.3) is 0 Å². The van der Waals surface area contributed by atoms with E-state index in [0.717, 1.165) is 13.1 Å². The fourth-order valence-electron chi connectivity index (χ4n) is 7.26. The van der Waals surface area contributed by atoms with Crippen LogP contribution in [-0.2, 0) is 0 Å². The normalized spacial score (nSPS) is 40.5. The van der Waals surface area contributed by atoms with Crippen molar-refractivity contribution in [1.29, 1.82) is 0 Å². The molecular weight excluding hydrogens is 587 g/mol. The predicted octanol–water partition coefficient (Wildman–Crippen LogP) is -9.93. The van der Waals surface area contributed by atoms with Crippen molar-refractivity contribution in [1.82, 2.24) is 0 Å². The summed E-state index contributed by atoms with van der Waals surface area (Å²) in [6.07, 6.45) is 10.3. The van der Waals surface area contributed by atoms with Crippen LogP contribution >= 0.6 is 0 Å². The maximum absolute atomic E-state index is 3.71. The van der Waals surface area contributed by atoms with Crippen LogP contribution in [0.5, 0.6) is 0 Å². The van der Waals surface area contributed by atoms with Gasteiger partial charge in [-0.2, -0.15) is 0 Å². The molecule has 4 nitrogen and oxygen atoms in total. The molecule has 4 bridgehead atoms. The molecule has 11 aliphatic heterocycles. The summed E-state index contributed by atoms with van der Waals surface area (Å²) in [7, 11) is 0. The van der Waals surface area contributed by atoms with Crippen LogP contribution in [0.3, 0.4) is 0 Å². The first-order valence-corrected chi connectivity index (χ1v) is 13.0. The number of halogens is 4. The SMILES string of the molecule is C1#CC[N+]23CC[N+](CCCCCCCCC[N+]45CC[N+](C1)(CC4)CC5)(CC2)CC3.[Br-].[Br-].[Cl-].[Cl-]. The summed E-state index contributed by atoms with van der Waals surface area (Å²) in [6, 6.07) is 0. The zero-order valence-corrected chi connectivity index (χ0v) is 25.2. The van der Waals surface area contributed by atoms with Crippen molar-refractivity contribution in [3.05, 3.63) is 0 Å². The molecule has 0 radical (unpaired) electrons. The topological polar surface area (TPSA) is 0 Å². The molecule has 33 heavy (non-hydrogen) atoms. The second-order valence-corrected chi connectivity index (χ2v) is 11.6. The Hall–Kier alpha value is 0.940. The van der Waals surface area contributed by atoms with Crippen LogP contribution in [0.1, 0.15) is 44.9 Å². The summed E-state index contributed by atoms with van der Waals surface area (Å²) in [5.41, 5.74) is 0. The van der Waals surface area contributed by atoms with Crippen molar-refractivity contribution in [2.75, 3.05) is 105 Å². The Balaban J connectivity index is 0.00000136. The van der Waals surface area contributed by atoms with E-state index in [-0.39, 0.29) is 58.8 Å². The largest absolute Gasteiger partial charge is 1.00 e. The Kier molecular flexibility index (Phi) is 13.1. The van der Waals surface area contributed by atoms with Crippen LogP contribution < -0.4 is 58.8 Å². The van der Waals surface area contributed by atoms with Gasteiger partial charge in [0, 0.05) is 0 Å². The highest BCUT2D eigenvalue weighted by atomic mass is 79.9. The van der Waals surface area contributed by atoms with Crippen LogP contribution in [0.2, 0.25) is 0 Å². The van der Waals surface area contributed by atoms with Gasteiger partial charge in [-0.25, -0.2) is 0 Å². The smallest absolute Gasteiger partial charge is 0.141 e. The van der Waals surface area contributed by atoms with E-state index in [4.69, 9.17) is 0 Å². The lowest BCUT2D eigenvalue weighted by Gasteiger charge is -2.55. The summed E-state index contributed by atoms with van der Waals surface area (Å²) in [5.74, 6) is 7.41. The highest BCUT2D eigenvalue weighted by molar-refractivity contribution is 5.00. The molecule has 0 saturated carbocycles. The minimum absolute atomic E-state index is 0. The van der Waals surface area contributed by atoms with Crippen molar-refractivity contribution in [2.24, 2.45) is 0 Å². The number of piperazine rings is 6. The van der Waals surface area contributed by atoms with Crippen molar-refractivity contribution in [3.63, 3.8) is 0 Å². The molecule has 0 aliphatic carbocycles. The quantitative estimate of drug-likeness (QED) is 0.184. The van der Waals surface area contributed by atoms with E-state index in [1.807, 2.05) is 0 Å². The first-order valence-electron chi connectivity index (χ1n) is 13.0. The molecule has 11 aliphatic rings. The van der Waals surface area contributed by atoms with E-state index in [9.17, 15) is 0 Å². The molecule has 11 heterocycles. The number of rotatable bonds is 0. The number of hydrogen-bond acceptors (Lipinski definition) is 0. The molecule has 6 fully saturated rings. The summed E-state index contributed by atoms with van der Waals surface area (Å²) < 4.78 is 5.56. The zero-order valence-electron chi connectivity index (χ0n) is 20.6. The summed E-state index contributed by atoms with van der Waals surface area (Å²) in [6.45, 7) is 22.2. The fraction of sp³-hybridized carbons (Fsp3) is 0.920. The van der Waals surface area contributed by atoms with E-state index < -0.39 is 0 Å². The van der Waals surface area contributed by atoms with Crippen LogP contribution in [-0.4, -0.2) is 123 Å². The second-order valence-electron chi connectivity index (χ2n) is 11.6. The lowest BCUT2D eigenvalue weighted by atomic mass is 10.0. The van der Waals surface area contributed by atoms with Crippen molar-refractivity contribution < 1.29 is 76.7 Å². The van der Waals surface area contributed by atoms with E-state index in [2.05, 4.69) is 11.8 Å². The molecule has 0 unspecified atom stereocenters. The van der Waals surface area contributed by atoms with Crippen molar-refractivity contribution in [2.45, 2.75) is 44.9 Å². The molecule has 0 aromatic rings. The number of hydrogen-bond donors (Lipinski definition) is 0. The molecule has 0 atom stereocenters. The summed E-state index contributed by atoms with van der Waals surface area (Å²) in [5, 5.41) is 0. The third-order valence-corrected chi connectivity index (χ3v) is 10.0. The van der Waals surface area contributed by atoms with Gasteiger partial charge in [0.2, 0.25) is 0 Å². The molecular formula is C25H46Br2Cl2N4. The number of nitrogens with zero attached hydrogens (tertiary/aromatic N) is 4. The van der Waals surface area contributed by atoms with Gasteiger partial charge in [-0.3, -0.25) is 8.97 Å². The van der Waals surface area contributed by atoms with E-state index >= 15 is 0 Å². The highest BCUT2D eigenvalue weighted by Crippen LogP contribution is 2.29. The monoisotopic (exact) mass is 630 g/mol. The van der Waals surface area contributed by atoms with Gasteiger partial charge in [-0.05, 0) is 37.5 Å². The fourth-order valence-corrected chi connectivity index (χ4v) is 7.26. The van der Waals surface area contributed by atoms with E-state index in [1.165, 1.54) is 155 Å². The van der Waals surface area contributed by atoms with Gasteiger partial charge in [-0.1, -0.05) is 19.3 Å². The van der Waals surface area contributed by atoms with Crippen LogP contribution in [0, 0.1) is 11.8 Å². The maximum Gasteiger partial charge on any atom is 0.141 e. The first kappa shape index (κ1) is 32.0. The van der Waals surface area contributed by atoms with Gasteiger partial charge >= 0.3 is 0 Å². The predicted molar refractivity (Wildman–Crippen MR) is 119 cm³/mol. The Morgan fingerprint density at radius 2 is 0.545 bits per heavy atom. The third kappa shape index (κ3) is 7.25. The van der Waals surface area contributed by atoms with Gasteiger partial charge in [0.25, 0.3) is 0 Å². The van der Waals surface area contributed by atoms with E-state index in [0.29, 0.717) is 0 Å². The van der Waals surface area contributed by atoms with Gasteiger partial charge in [0.1, 0.15) is 91.6 Å². The molecule has 0 aromatic heterocycles.